The van der Waals surface area contributed by atoms with Crippen molar-refractivity contribution in [1.82, 2.24) is 0 Å². The SMILES string of the molecule is Cc1ccc([N+](=O)[O-])c(C(=O)O)c1OC(F)F. The standard InChI is InChI=1S/C9H7F2NO5/c1-4-2-3-5(12(15)16)6(8(13)14)7(4)17-9(10)11/h2-3,9H,1H3,(H,13,14). The lowest BCUT2D eigenvalue weighted by atomic mass is 10.1. The number of ether oxygens (including phenoxy) is 1. The first-order valence-corrected chi connectivity index (χ1v) is 4.30. The summed E-state index contributed by atoms with van der Waals surface area (Å²) in [4.78, 5) is 20.5. The van der Waals surface area contributed by atoms with Gasteiger partial charge in [-0.05, 0) is 18.6 Å². The number of carboxylic acid groups (broad SMARTS) is 1. The van der Waals surface area contributed by atoms with Crippen LogP contribution in [0.5, 0.6) is 5.75 Å². The molecule has 0 saturated carbocycles. The van der Waals surface area contributed by atoms with Gasteiger partial charge in [0.05, 0.1) is 4.92 Å². The highest BCUT2D eigenvalue weighted by molar-refractivity contribution is 5.96. The maximum atomic E-state index is 12.1. The minimum atomic E-state index is -3.26. The number of benzene rings is 1. The Morgan fingerprint density at radius 1 is 1.53 bits per heavy atom. The molecule has 1 aromatic carbocycles. The molecule has 0 fully saturated rings. The molecule has 0 aliphatic rings. The van der Waals surface area contributed by atoms with E-state index in [1.807, 2.05) is 0 Å². The zero-order valence-electron chi connectivity index (χ0n) is 8.52. The third-order valence-electron chi connectivity index (χ3n) is 1.95. The van der Waals surface area contributed by atoms with Gasteiger partial charge in [-0.15, -0.1) is 0 Å². The van der Waals surface area contributed by atoms with Gasteiger partial charge < -0.3 is 9.84 Å². The van der Waals surface area contributed by atoms with Crippen LogP contribution < -0.4 is 4.74 Å². The maximum absolute atomic E-state index is 12.1. The second-order valence-corrected chi connectivity index (χ2v) is 3.05. The molecule has 0 bridgehead atoms. The summed E-state index contributed by atoms with van der Waals surface area (Å²) in [7, 11) is 0. The Kier molecular flexibility index (Phi) is 3.56. The zero-order valence-corrected chi connectivity index (χ0v) is 8.52. The Morgan fingerprint density at radius 2 is 2.12 bits per heavy atom. The van der Waals surface area contributed by atoms with Crippen LogP contribution in [0.2, 0.25) is 0 Å². The molecule has 0 aliphatic heterocycles. The van der Waals surface area contributed by atoms with E-state index in [2.05, 4.69) is 4.74 Å². The number of aromatic carboxylic acids is 1. The van der Waals surface area contributed by atoms with Gasteiger partial charge in [-0.2, -0.15) is 8.78 Å². The Balaban J connectivity index is 3.48. The molecule has 1 N–H and O–H groups in total. The number of carboxylic acids is 1. The first kappa shape index (κ1) is 12.8. The third kappa shape index (κ3) is 2.65. The topological polar surface area (TPSA) is 89.7 Å². The molecule has 0 spiro atoms. The van der Waals surface area contributed by atoms with Gasteiger partial charge in [0.2, 0.25) is 0 Å². The Bertz CT molecular complexity index is 475. The molecule has 6 nitrogen and oxygen atoms in total. The van der Waals surface area contributed by atoms with Gasteiger partial charge in [0.15, 0.2) is 11.3 Å². The molecular formula is C9H7F2NO5. The summed E-state index contributed by atoms with van der Waals surface area (Å²) in [6.45, 7) is -1.94. The van der Waals surface area contributed by atoms with Gasteiger partial charge in [-0.25, -0.2) is 4.79 Å². The van der Waals surface area contributed by atoms with Crippen molar-refractivity contribution in [3.05, 3.63) is 33.4 Å². The van der Waals surface area contributed by atoms with Gasteiger partial charge in [0.1, 0.15) is 0 Å². The summed E-state index contributed by atoms with van der Waals surface area (Å²) in [5.41, 5.74) is -1.60. The number of hydrogen-bond donors (Lipinski definition) is 1. The number of hydrogen-bond acceptors (Lipinski definition) is 4. The van der Waals surface area contributed by atoms with E-state index >= 15 is 0 Å². The number of carbonyl (C=O) groups is 1. The highest BCUT2D eigenvalue weighted by atomic mass is 19.3. The molecular weight excluding hydrogens is 240 g/mol. The first-order chi connectivity index (χ1) is 7.84. The summed E-state index contributed by atoms with van der Waals surface area (Å²) in [6, 6.07) is 2.07. The van der Waals surface area contributed by atoms with Crippen molar-refractivity contribution in [2.45, 2.75) is 13.5 Å². The smallest absolute Gasteiger partial charge is 0.387 e. The number of alkyl halides is 2. The van der Waals surface area contributed by atoms with E-state index in [1.165, 1.54) is 6.92 Å². The van der Waals surface area contributed by atoms with E-state index in [4.69, 9.17) is 5.11 Å². The number of nitro groups is 1. The average molecular weight is 247 g/mol. The highest BCUT2D eigenvalue weighted by Gasteiger charge is 2.28. The molecule has 0 heterocycles. The average Bonchev–Trinajstić information content (AvgIpc) is 2.19. The summed E-state index contributed by atoms with van der Waals surface area (Å²) in [6.07, 6.45) is 0. The molecule has 0 unspecified atom stereocenters. The molecule has 0 amide bonds. The van der Waals surface area contributed by atoms with Crippen LogP contribution in [0, 0.1) is 17.0 Å². The summed E-state index contributed by atoms with van der Waals surface area (Å²) in [5.74, 6) is -2.39. The molecule has 17 heavy (non-hydrogen) atoms. The minimum absolute atomic E-state index is 0.0771. The first-order valence-electron chi connectivity index (χ1n) is 4.30. The lowest BCUT2D eigenvalue weighted by Crippen LogP contribution is -2.11. The third-order valence-corrected chi connectivity index (χ3v) is 1.95. The maximum Gasteiger partial charge on any atom is 0.387 e. The van der Waals surface area contributed by atoms with Gasteiger partial charge in [0, 0.05) is 6.07 Å². The lowest BCUT2D eigenvalue weighted by Gasteiger charge is -2.10. The summed E-state index contributed by atoms with van der Waals surface area (Å²) >= 11 is 0. The second-order valence-electron chi connectivity index (χ2n) is 3.05. The number of aryl methyl sites for hydroxylation is 1. The van der Waals surface area contributed by atoms with E-state index < -0.39 is 34.5 Å². The zero-order chi connectivity index (χ0) is 13.2. The molecule has 0 saturated heterocycles. The predicted octanol–water partition coefficient (Wildman–Crippen LogP) is 2.20. The van der Waals surface area contributed by atoms with Crippen molar-refractivity contribution in [2.75, 3.05) is 0 Å². The fourth-order valence-electron chi connectivity index (χ4n) is 1.28. The van der Waals surface area contributed by atoms with E-state index in [0.717, 1.165) is 12.1 Å². The molecule has 92 valence electrons. The molecule has 1 aromatic rings. The quantitative estimate of drug-likeness (QED) is 0.650. The summed E-state index contributed by atoms with van der Waals surface area (Å²) in [5, 5.41) is 19.4. The Morgan fingerprint density at radius 3 is 2.53 bits per heavy atom. The van der Waals surface area contributed by atoms with Crippen LogP contribution in [0.4, 0.5) is 14.5 Å². The summed E-state index contributed by atoms with van der Waals surface area (Å²) < 4.78 is 28.2. The van der Waals surface area contributed by atoms with E-state index in [9.17, 15) is 23.7 Å². The van der Waals surface area contributed by atoms with Crippen molar-refractivity contribution >= 4 is 11.7 Å². The van der Waals surface area contributed by atoms with Crippen molar-refractivity contribution in [3.63, 3.8) is 0 Å². The van der Waals surface area contributed by atoms with Gasteiger partial charge in [-0.1, -0.05) is 0 Å². The minimum Gasteiger partial charge on any atom is -0.477 e. The van der Waals surface area contributed by atoms with E-state index in [0.29, 0.717) is 0 Å². The number of nitrogens with zero attached hydrogens (tertiary/aromatic N) is 1. The van der Waals surface area contributed by atoms with E-state index in [-0.39, 0.29) is 5.56 Å². The van der Waals surface area contributed by atoms with Crippen LogP contribution in [0.25, 0.3) is 0 Å². The predicted molar refractivity (Wildman–Crippen MR) is 51.4 cm³/mol. The number of halogens is 2. The molecule has 1 rings (SSSR count). The van der Waals surface area contributed by atoms with Crippen LogP contribution in [-0.2, 0) is 0 Å². The molecule has 0 radical (unpaired) electrons. The van der Waals surface area contributed by atoms with Crippen LogP contribution in [0.15, 0.2) is 12.1 Å². The fraction of sp³-hybridized carbons (Fsp3) is 0.222. The normalized spacial score (nSPS) is 10.4. The van der Waals surface area contributed by atoms with Crippen LogP contribution in [-0.4, -0.2) is 22.6 Å². The van der Waals surface area contributed by atoms with Gasteiger partial charge >= 0.3 is 12.6 Å². The van der Waals surface area contributed by atoms with Crippen LogP contribution in [0.3, 0.4) is 0 Å². The molecule has 0 atom stereocenters. The number of rotatable bonds is 4. The van der Waals surface area contributed by atoms with Crippen LogP contribution >= 0.6 is 0 Å². The largest absolute Gasteiger partial charge is 0.477 e. The Labute approximate surface area is 93.6 Å². The van der Waals surface area contributed by atoms with Crippen molar-refractivity contribution in [3.8, 4) is 5.75 Å². The molecule has 8 heteroatoms. The Hall–Kier alpha value is -2.25. The van der Waals surface area contributed by atoms with Crippen molar-refractivity contribution in [2.24, 2.45) is 0 Å². The molecule has 0 aromatic heterocycles. The van der Waals surface area contributed by atoms with Crippen LogP contribution in [0.1, 0.15) is 15.9 Å². The highest BCUT2D eigenvalue weighted by Crippen LogP contribution is 2.32. The van der Waals surface area contributed by atoms with E-state index in [1.54, 1.807) is 0 Å². The van der Waals surface area contributed by atoms with Crippen molar-refractivity contribution < 1.29 is 28.3 Å². The van der Waals surface area contributed by atoms with Gasteiger partial charge in [0.25, 0.3) is 5.69 Å². The van der Waals surface area contributed by atoms with Crippen molar-refractivity contribution in [1.29, 1.82) is 0 Å². The van der Waals surface area contributed by atoms with Gasteiger partial charge in [-0.3, -0.25) is 10.1 Å². The second kappa shape index (κ2) is 4.73. The monoisotopic (exact) mass is 247 g/mol. The lowest BCUT2D eigenvalue weighted by molar-refractivity contribution is -0.385. The number of nitro benzene ring substituents is 1. The fourth-order valence-corrected chi connectivity index (χ4v) is 1.28. The molecule has 0 aliphatic carbocycles.